The Kier molecular flexibility index (Phi) is 7.93. The highest BCUT2D eigenvalue weighted by atomic mass is 32.1. The third kappa shape index (κ3) is 6.94. The quantitative estimate of drug-likeness (QED) is 0.678. The highest BCUT2D eigenvalue weighted by Gasteiger charge is 2.26. The molecule has 1 aromatic heterocycles. The molecule has 1 aromatic rings. The molecule has 0 amide bonds. The minimum Gasteiger partial charge on any atom is -0.316 e. The minimum absolute atomic E-state index is 0.344. The molecule has 0 fully saturated rings. The van der Waals surface area contributed by atoms with Crippen LogP contribution in [0.25, 0.3) is 0 Å². The highest BCUT2D eigenvalue weighted by molar-refractivity contribution is 7.09. The standard InChI is InChI=1S/C18H34N2S/c1-7-18(6,13-19-11-15(2)3)14-20(16(4)5)12-17-9-8-10-21-17/h8-10,15-16,19H,7,11-14H2,1-6H3. The van der Waals surface area contributed by atoms with Crippen molar-refractivity contribution in [2.75, 3.05) is 19.6 Å². The van der Waals surface area contributed by atoms with Gasteiger partial charge in [-0.2, -0.15) is 0 Å². The van der Waals surface area contributed by atoms with Crippen molar-refractivity contribution < 1.29 is 0 Å². The molecule has 0 spiro atoms. The largest absolute Gasteiger partial charge is 0.316 e. The van der Waals surface area contributed by atoms with Crippen LogP contribution in [0.15, 0.2) is 17.5 Å². The van der Waals surface area contributed by atoms with E-state index in [1.807, 2.05) is 11.3 Å². The molecule has 3 heteroatoms. The Labute approximate surface area is 135 Å². The summed E-state index contributed by atoms with van der Waals surface area (Å²) in [6, 6.07) is 4.99. The van der Waals surface area contributed by atoms with Crippen molar-refractivity contribution in [3.05, 3.63) is 22.4 Å². The molecule has 0 bridgehead atoms. The average molecular weight is 311 g/mol. The van der Waals surface area contributed by atoms with Crippen molar-refractivity contribution in [2.45, 2.75) is 60.5 Å². The van der Waals surface area contributed by atoms with Crippen LogP contribution in [0.2, 0.25) is 0 Å². The van der Waals surface area contributed by atoms with Crippen molar-refractivity contribution in [2.24, 2.45) is 11.3 Å². The predicted molar refractivity (Wildman–Crippen MR) is 96.0 cm³/mol. The lowest BCUT2D eigenvalue weighted by Gasteiger charge is -2.37. The molecule has 1 unspecified atom stereocenters. The Morgan fingerprint density at radius 3 is 2.48 bits per heavy atom. The van der Waals surface area contributed by atoms with Crippen molar-refractivity contribution in [1.29, 1.82) is 0 Å². The lowest BCUT2D eigenvalue weighted by molar-refractivity contribution is 0.120. The van der Waals surface area contributed by atoms with E-state index in [2.05, 4.69) is 69.3 Å². The minimum atomic E-state index is 0.344. The van der Waals surface area contributed by atoms with Gasteiger partial charge in [0.1, 0.15) is 0 Å². The lowest BCUT2D eigenvalue weighted by Crippen LogP contribution is -2.44. The molecule has 1 N–H and O–H groups in total. The van der Waals surface area contributed by atoms with Gasteiger partial charge in [-0.05, 0) is 49.6 Å². The van der Waals surface area contributed by atoms with E-state index >= 15 is 0 Å². The molecule has 2 nitrogen and oxygen atoms in total. The molecular formula is C18H34N2S. The summed E-state index contributed by atoms with van der Waals surface area (Å²) in [5.41, 5.74) is 0.344. The summed E-state index contributed by atoms with van der Waals surface area (Å²) in [5.74, 6) is 0.721. The zero-order valence-electron chi connectivity index (χ0n) is 14.8. The molecule has 0 radical (unpaired) electrons. The van der Waals surface area contributed by atoms with E-state index in [4.69, 9.17) is 0 Å². The molecule has 0 aliphatic rings. The van der Waals surface area contributed by atoms with E-state index in [-0.39, 0.29) is 0 Å². The zero-order chi connectivity index (χ0) is 15.9. The van der Waals surface area contributed by atoms with E-state index in [9.17, 15) is 0 Å². The molecule has 21 heavy (non-hydrogen) atoms. The van der Waals surface area contributed by atoms with Crippen LogP contribution in [0.4, 0.5) is 0 Å². The Hall–Kier alpha value is -0.380. The third-order valence-electron chi connectivity index (χ3n) is 4.21. The van der Waals surface area contributed by atoms with Gasteiger partial charge >= 0.3 is 0 Å². The topological polar surface area (TPSA) is 15.3 Å². The maximum absolute atomic E-state index is 3.66. The maximum atomic E-state index is 3.66. The number of thiophene rings is 1. The van der Waals surface area contributed by atoms with Crippen LogP contribution in [-0.4, -0.2) is 30.6 Å². The van der Waals surface area contributed by atoms with Crippen LogP contribution < -0.4 is 5.32 Å². The average Bonchev–Trinajstić information content (AvgIpc) is 2.90. The van der Waals surface area contributed by atoms with E-state index in [1.165, 1.54) is 11.3 Å². The van der Waals surface area contributed by atoms with Gasteiger partial charge in [0.2, 0.25) is 0 Å². The van der Waals surface area contributed by atoms with Gasteiger partial charge in [0.25, 0.3) is 0 Å². The van der Waals surface area contributed by atoms with Gasteiger partial charge in [0.15, 0.2) is 0 Å². The molecule has 0 aliphatic carbocycles. The smallest absolute Gasteiger partial charge is 0.0330 e. The molecule has 0 aromatic carbocycles. The summed E-state index contributed by atoms with van der Waals surface area (Å²) in [4.78, 5) is 4.09. The monoisotopic (exact) mass is 310 g/mol. The molecule has 1 rings (SSSR count). The van der Waals surface area contributed by atoms with Crippen molar-refractivity contribution in [1.82, 2.24) is 10.2 Å². The summed E-state index contributed by atoms with van der Waals surface area (Å²) in [6.07, 6.45) is 1.21. The van der Waals surface area contributed by atoms with E-state index < -0.39 is 0 Å². The van der Waals surface area contributed by atoms with Crippen LogP contribution in [0.3, 0.4) is 0 Å². The van der Waals surface area contributed by atoms with Gasteiger partial charge in [-0.1, -0.05) is 33.8 Å². The SMILES string of the molecule is CCC(C)(CNCC(C)C)CN(Cc1cccs1)C(C)C. The van der Waals surface area contributed by atoms with E-state index in [0.717, 1.165) is 32.1 Å². The molecule has 122 valence electrons. The lowest BCUT2D eigenvalue weighted by atomic mass is 9.86. The second-order valence-electron chi connectivity index (χ2n) is 7.27. The Balaban J connectivity index is 2.60. The Morgan fingerprint density at radius 2 is 2.00 bits per heavy atom. The number of nitrogens with one attached hydrogen (secondary N) is 1. The van der Waals surface area contributed by atoms with Crippen LogP contribution in [0.1, 0.15) is 52.8 Å². The fraction of sp³-hybridized carbons (Fsp3) is 0.778. The zero-order valence-corrected chi connectivity index (χ0v) is 15.6. The molecule has 0 saturated heterocycles. The molecular weight excluding hydrogens is 276 g/mol. The first-order valence-corrected chi connectivity index (χ1v) is 9.21. The normalized spacial score (nSPS) is 15.1. The first-order chi connectivity index (χ1) is 9.86. The van der Waals surface area contributed by atoms with Gasteiger partial charge in [-0.15, -0.1) is 11.3 Å². The van der Waals surface area contributed by atoms with Crippen LogP contribution in [-0.2, 0) is 6.54 Å². The van der Waals surface area contributed by atoms with Crippen LogP contribution in [0, 0.1) is 11.3 Å². The van der Waals surface area contributed by atoms with Crippen LogP contribution in [0.5, 0.6) is 0 Å². The summed E-state index contributed by atoms with van der Waals surface area (Å²) < 4.78 is 0. The van der Waals surface area contributed by atoms with E-state index in [0.29, 0.717) is 11.5 Å². The first kappa shape index (κ1) is 18.7. The van der Waals surface area contributed by atoms with Gasteiger partial charge < -0.3 is 5.32 Å². The Morgan fingerprint density at radius 1 is 1.29 bits per heavy atom. The van der Waals surface area contributed by atoms with Crippen LogP contribution >= 0.6 is 11.3 Å². The van der Waals surface area contributed by atoms with Gasteiger partial charge in [0, 0.05) is 30.6 Å². The number of rotatable bonds is 10. The van der Waals surface area contributed by atoms with Crippen molar-refractivity contribution in [3.63, 3.8) is 0 Å². The van der Waals surface area contributed by atoms with Gasteiger partial charge in [0.05, 0.1) is 0 Å². The number of hydrogen-bond donors (Lipinski definition) is 1. The third-order valence-corrected chi connectivity index (χ3v) is 5.07. The second-order valence-corrected chi connectivity index (χ2v) is 8.30. The predicted octanol–water partition coefficient (Wildman–Crippen LogP) is 4.62. The molecule has 0 aliphatic heterocycles. The fourth-order valence-corrected chi connectivity index (χ4v) is 3.20. The summed E-state index contributed by atoms with van der Waals surface area (Å²) in [7, 11) is 0. The highest BCUT2D eigenvalue weighted by Crippen LogP contribution is 2.25. The molecule has 0 saturated carbocycles. The molecule has 1 atom stereocenters. The van der Waals surface area contributed by atoms with Gasteiger partial charge in [-0.25, -0.2) is 0 Å². The first-order valence-electron chi connectivity index (χ1n) is 8.33. The van der Waals surface area contributed by atoms with E-state index in [1.54, 1.807) is 0 Å². The Bertz CT molecular complexity index is 373. The number of nitrogens with zero attached hydrogens (tertiary/aromatic N) is 1. The summed E-state index contributed by atoms with van der Waals surface area (Å²) >= 11 is 1.87. The summed E-state index contributed by atoms with van der Waals surface area (Å²) in [6.45, 7) is 18.4. The maximum Gasteiger partial charge on any atom is 0.0330 e. The van der Waals surface area contributed by atoms with Gasteiger partial charge in [-0.3, -0.25) is 4.90 Å². The van der Waals surface area contributed by atoms with Crippen molar-refractivity contribution in [3.8, 4) is 0 Å². The van der Waals surface area contributed by atoms with Crippen molar-refractivity contribution >= 4 is 11.3 Å². The second kappa shape index (κ2) is 8.92. The fourth-order valence-electron chi connectivity index (χ4n) is 2.47. The summed E-state index contributed by atoms with van der Waals surface area (Å²) in [5, 5.41) is 5.83. The molecule has 1 heterocycles. The number of hydrogen-bond acceptors (Lipinski definition) is 3.